The summed E-state index contributed by atoms with van der Waals surface area (Å²) in [5.74, 6) is -0.268. The standard InChI is InChI=1S/C5H11NO3.CH2O/c1-4(7)3-9-6-5(2)8;1-2/h4,7H,3H2,1-2H3,(H,6,8);1H2/t4-;/m1./s1. The van der Waals surface area contributed by atoms with E-state index < -0.39 is 6.10 Å². The van der Waals surface area contributed by atoms with Crippen molar-refractivity contribution in [2.24, 2.45) is 0 Å². The van der Waals surface area contributed by atoms with Gasteiger partial charge in [0.15, 0.2) is 0 Å². The first kappa shape index (κ1) is 12.7. The van der Waals surface area contributed by atoms with Gasteiger partial charge in [0.1, 0.15) is 13.4 Å². The van der Waals surface area contributed by atoms with Crippen molar-refractivity contribution in [3.05, 3.63) is 0 Å². The Morgan fingerprint density at radius 1 is 1.73 bits per heavy atom. The Bertz CT molecular complexity index is 105. The van der Waals surface area contributed by atoms with Crippen molar-refractivity contribution < 1.29 is 19.5 Å². The first-order valence-electron chi connectivity index (χ1n) is 2.98. The Labute approximate surface area is 65.3 Å². The predicted molar refractivity (Wildman–Crippen MR) is 38.6 cm³/mol. The van der Waals surface area contributed by atoms with Gasteiger partial charge >= 0.3 is 0 Å². The minimum atomic E-state index is -0.545. The molecule has 1 amide bonds. The molecule has 11 heavy (non-hydrogen) atoms. The largest absolute Gasteiger partial charge is 0.391 e. The van der Waals surface area contributed by atoms with Crippen LogP contribution in [0.5, 0.6) is 0 Å². The van der Waals surface area contributed by atoms with Crippen molar-refractivity contribution in [1.82, 2.24) is 5.48 Å². The fraction of sp³-hybridized carbons (Fsp3) is 0.667. The number of hydrogen-bond acceptors (Lipinski definition) is 4. The Balaban J connectivity index is 0. The van der Waals surface area contributed by atoms with Gasteiger partial charge in [-0.1, -0.05) is 0 Å². The van der Waals surface area contributed by atoms with E-state index in [9.17, 15) is 4.79 Å². The van der Waals surface area contributed by atoms with Crippen LogP contribution in [-0.2, 0) is 14.4 Å². The van der Waals surface area contributed by atoms with Gasteiger partial charge < -0.3 is 9.90 Å². The average Bonchev–Trinajstić information content (AvgIpc) is 1.90. The maximum Gasteiger partial charge on any atom is 0.240 e. The van der Waals surface area contributed by atoms with Gasteiger partial charge in [-0.05, 0) is 6.92 Å². The molecule has 0 saturated heterocycles. The summed E-state index contributed by atoms with van der Waals surface area (Å²) in [7, 11) is 0. The topological polar surface area (TPSA) is 75.6 Å². The number of hydrogen-bond donors (Lipinski definition) is 2. The molecule has 66 valence electrons. The molecule has 5 heteroatoms. The normalized spacial score (nSPS) is 10.8. The highest BCUT2D eigenvalue weighted by molar-refractivity contribution is 5.71. The fourth-order valence-corrected chi connectivity index (χ4v) is 0.264. The summed E-state index contributed by atoms with van der Waals surface area (Å²) in [5.41, 5.74) is 2.08. The highest BCUT2D eigenvalue weighted by atomic mass is 16.7. The number of hydroxylamine groups is 1. The molecule has 0 spiro atoms. The van der Waals surface area contributed by atoms with E-state index in [2.05, 4.69) is 10.3 Å². The van der Waals surface area contributed by atoms with Gasteiger partial charge in [0.2, 0.25) is 5.91 Å². The van der Waals surface area contributed by atoms with Gasteiger partial charge in [-0.15, -0.1) is 0 Å². The second-order valence-corrected chi connectivity index (χ2v) is 1.82. The number of aliphatic hydroxyl groups excluding tert-OH is 1. The molecular formula is C6H13NO4. The molecule has 0 heterocycles. The second kappa shape index (κ2) is 9.06. The summed E-state index contributed by atoms with van der Waals surface area (Å²) in [6, 6.07) is 0. The summed E-state index contributed by atoms with van der Waals surface area (Å²) < 4.78 is 0. The van der Waals surface area contributed by atoms with Crippen LogP contribution in [0, 0.1) is 0 Å². The van der Waals surface area contributed by atoms with E-state index in [1.54, 1.807) is 6.92 Å². The molecule has 0 aromatic rings. The summed E-state index contributed by atoms with van der Waals surface area (Å²) in [5, 5.41) is 8.59. The first-order chi connectivity index (χ1) is 5.13. The lowest BCUT2D eigenvalue weighted by Gasteiger charge is -2.03. The molecule has 0 aliphatic heterocycles. The highest BCUT2D eigenvalue weighted by Crippen LogP contribution is 1.77. The predicted octanol–water partition coefficient (Wildman–Crippen LogP) is -0.750. The van der Waals surface area contributed by atoms with Crippen molar-refractivity contribution in [2.45, 2.75) is 20.0 Å². The third-order valence-corrected chi connectivity index (χ3v) is 0.540. The van der Waals surface area contributed by atoms with Crippen LogP contribution in [0.2, 0.25) is 0 Å². The van der Waals surface area contributed by atoms with E-state index >= 15 is 0 Å². The minimum absolute atomic E-state index is 0.125. The summed E-state index contributed by atoms with van der Waals surface area (Å²) in [6.45, 7) is 5.03. The monoisotopic (exact) mass is 163 g/mol. The summed E-state index contributed by atoms with van der Waals surface area (Å²) in [6.07, 6.45) is -0.545. The van der Waals surface area contributed by atoms with Crippen LogP contribution in [-0.4, -0.2) is 30.5 Å². The lowest BCUT2D eigenvalue weighted by atomic mass is 10.5. The van der Waals surface area contributed by atoms with E-state index in [4.69, 9.17) is 9.90 Å². The number of carbonyl (C=O) groups excluding carboxylic acids is 2. The number of amides is 1. The molecule has 0 aromatic carbocycles. The molecule has 0 bridgehead atoms. The van der Waals surface area contributed by atoms with E-state index in [1.165, 1.54) is 6.92 Å². The van der Waals surface area contributed by atoms with Crippen molar-refractivity contribution in [3.63, 3.8) is 0 Å². The number of nitrogens with one attached hydrogen (secondary N) is 1. The maximum absolute atomic E-state index is 10.1. The van der Waals surface area contributed by atoms with Crippen molar-refractivity contribution in [2.75, 3.05) is 6.61 Å². The summed E-state index contributed by atoms with van der Waals surface area (Å²) in [4.78, 5) is 22.6. The third kappa shape index (κ3) is 17.6. The molecule has 0 unspecified atom stereocenters. The van der Waals surface area contributed by atoms with Gasteiger partial charge in [0, 0.05) is 6.92 Å². The van der Waals surface area contributed by atoms with Gasteiger partial charge in [-0.25, -0.2) is 5.48 Å². The van der Waals surface area contributed by atoms with Crippen LogP contribution in [0.3, 0.4) is 0 Å². The van der Waals surface area contributed by atoms with Crippen LogP contribution in [0.25, 0.3) is 0 Å². The van der Waals surface area contributed by atoms with E-state index in [0.717, 1.165) is 0 Å². The first-order valence-corrected chi connectivity index (χ1v) is 2.98. The number of aliphatic hydroxyl groups is 1. The number of carbonyl (C=O) groups is 2. The van der Waals surface area contributed by atoms with Gasteiger partial charge in [-0.3, -0.25) is 9.63 Å². The van der Waals surface area contributed by atoms with E-state index in [0.29, 0.717) is 0 Å². The van der Waals surface area contributed by atoms with Crippen LogP contribution >= 0.6 is 0 Å². The third-order valence-electron chi connectivity index (χ3n) is 0.540. The molecule has 0 aliphatic rings. The molecule has 0 rings (SSSR count). The van der Waals surface area contributed by atoms with E-state index in [-0.39, 0.29) is 12.5 Å². The zero-order valence-electron chi connectivity index (χ0n) is 6.66. The summed E-state index contributed by atoms with van der Waals surface area (Å²) >= 11 is 0. The quantitative estimate of drug-likeness (QED) is 0.537. The van der Waals surface area contributed by atoms with Crippen LogP contribution in [0.15, 0.2) is 0 Å². The van der Waals surface area contributed by atoms with Gasteiger partial charge in [0.25, 0.3) is 0 Å². The molecule has 0 aliphatic carbocycles. The Kier molecular flexibility index (Phi) is 10.5. The second-order valence-electron chi connectivity index (χ2n) is 1.82. The zero-order valence-corrected chi connectivity index (χ0v) is 6.66. The molecule has 5 nitrogen and oxygen atoms in total. The average molecular weight is 163 g/mol. The lowest BCUT2D eigenvalue weighted by molar-refractivity contribution is -0.133. The zero-order chi connectivity index (χ0) is 9.28. The molecule has 0 fully saturated rings. The van der Waals surface area contributed by atoms with Crippen LogP contribution < -0.4 is 5.48 Å². The Morgan fingerprint density at radius 2 is 2.18 bits per heavy atom. The van der Waals surface area contributed by atoms with Crippen molar-refractivity contribution >= 4 is 12.7 Å². The van der Waals surface area contributed by atoms with Gasteiger partial charge in [0.05, 0.1) is 6.10 Å². The molecule has 2 N–H and O–H groups in total. The molecule has 1 atom stereocenters. The fourth-order valence-electron chi connectivity index (χ4n) is 0.264. The van der Waals surface area contributed by atoms with E-state index in [1.807, 2.05) is 6.79 Å². The molecule has 0 aromatic heterocycles. The highest BCUT2D eigenvalue weighted by Gasteiger charge is 1.94. The lowest BCUT2D eigenvalue weighted by Crippen LogP contribution is -2.24. The molecular weight excluding hydrogens is 150 g/mol. The number of rotatable bonds is 3. The van der Waals surface area contributed by atoms with Crippen LogP contribution in [0.4, 0.5) is 0 Å². The smallest absolute Gasteiger partial charge is 0.240 e. The SMILES string of the molecule is C=O.CC(=O)NOC[C@@H](C)O. The molecule has 0 radical (unpaired) electrons. The Hall–Kier alpha value is -0.940. The Morgan fingerprint density at radius 3 is 2.45 bits per heavy atom. The molecule has 0 saturated carbocycles. The van der Waals surface area contributed by atoms with Crippen LogP contribution in [0.1, 0.15) is 13.8 Å². The maximum atomic E-state index is 10.1. The minimum Gasteiger partial charge on any atom is -0.391 e. The van der Waals surface area contributed by atoms with Crippen molar-refractivity contribution in [3.8, 4) is 0 Å². The van der Waals surface area contributed by atoms with Crippen molar-refractivity contribution in [1.29, 1.82) is 0 Å². The van der Waals surface area contributed by atoms with Gasteiger partial charge in [-0.2, -0.15) is 0 Å².